The Balaban J connectivity index is 1.81. The Bertz CT molecular complexity index is 1740. The molecule has 0 spiro atoms. The van der Waals surface area contributed by atoms with E-state index >= 15 is 0 Å². The molecule has 3 aromatic heterocycles. The molecular formula is C27H24N2O8. The van der Waals surface area contributed by atoms with Gasteiger partial charge in [-0.05, 0) is 37.3 Å². The third kappa shape index (κ3) is 3.60. The smallest absolute Gasteiger partial charge is 0.244 e. The highest BCUT2D eigenvalue weighted by atomic mass is 16.5. The van der Waals surface area contributed by atoms with Crippen molar-refractivity contribution in [1.82, 2.24) is 9.78 Å². The molecule has 0 amide bonds. The van der Waals surface area contributed by atoms with Crippen LogP contribution in [0.5, 0.6) is 23.0 Å². The number of rotatable bonds is 6. The molecule has 0 saturated heterocycles. The average molecular weight is 504 g/mol. The summed E-state index contributed by atoms with van der Waals surface area (Å²) in [6, 6.07) is 8.59. The summed E-state index contributed by atoms with van der Waals surface area (Å²) >= 11 is 0. The number of carbonyl (C=O) groups is 1. The minimum absolute atomic E-state index is 0.180. The fourth-order valence-corrected chi connectivity index (χ4v) is 4.55. The quantitative estimate of drug-likeness (QED) is 0.312. The van der Waals surface area contributed by atoms with E-state index in [4.69, 9.17) is 27.8 Å². The van der Waals surface area contributed by atoms with Crippen molar-refractivity contribution in [2.75, 3.05) is 28.4 Å². The molecule has 10 heteroatoms. The number of furan rings is 1. The zero-order valence-electron chi connectivity index (χ0n) is 21.1. The molecule has 37 heavy (non-hydrogen) atoms. The fraction of sp³-hybridized carbons (Fsp3) is 0.222. The first kappa shape index (κ1) is 24.0. The first-order valence-electron chi connectivity index (χ1n) is 11.3. The van der Waals surface area contributed by atoms with Crippen LogP contribution in [-0.2, 0) is 0 Å². The summed E-state index contributed by atoms with van der Waals surface area (Å²) in [5, 5.41) is 5.22. The topological polar surface area (TPSA) is 115 Å². The zero-order valence-corrected chi connectivity index (χ0v) is 21.1. The minimum Gasteiger partial charge on any atom is -0.495 e. The van der Waals surface area contributed by atoms with Crippen molar-refractivity contribution in [3.63, 3.8) is 0 Å². The molecule has 0 saturated carbocycles. The number of aryl methyl sites for hydroxylation is 1. The van der Waals surface area contributed by atoms with Gasteiger partial charge in [0, 0.05) is 12.5 Å². The monoisotopic (exact) mass is 504 g/mol. The molecule has 0 bridgehead atoms. The molecule has 0 fully saturated rings. The van der Waals surface area contributed by atoms with Crippen molar-refractivity contribution in [2.24, 2.45) is 0 Å². The lowest BCUT2D eigenvalue weighted by molar-refractivity contribution is 0.0923. The summed E-state index contributed by atoms with van der Waals surface area (Å²) in [6.07, 6.45) is 1.48. The van der Waals surface area contributed by atoms with Gasteiger partial charge in [0.1, 0.15) is 22.6 Å². The predicted molar refractivity (Wildman–Crippen MR) is 136 cm³/mol. The molecule has 0 radical (unpaired) electrons. The fourth-order valence-electron chi connectivity index (χ4n) is 4.55. The Morgan fingerprint density at radius 2 is 1.65 bits per heavy atom. The highest BCUT2D eigenvalue weighted by Crippen LogP contribution is 2.43. The second-order valence-corrected chi connectivity index (χ2v) is 8.21. The number of nitrogens with zero attached hydrogens (tertiary/aromatic N) is 2. The lowest BCUT2D eigenvalue weighted by atomic mass is 10.0. The maximum atomic E-state index is 14.0. The predicted octanol–water partition coefficient (Wildman–Crippen LogP) is 5.07. The van der Waals surface area contributed by atoms with Gasteiger partial charge in [0.15, 0.2) is 22.7 Å². The average Bonchev–Trinajstić information content (AvgIpc) is 3.55. The van der Waals surface area contributed by atoms with E-state index in [1.807, 2.05) is 0 Å². The van der Waals surface area contributed by atoms with Crippen molar-refractivity contribution in [2.45, 2.75) is 13.8 Å². The molecule has 0 aliphatic rings. The van der Waals surface area contributed by atoms with Crippen LogP contribution < -0.4 is 24.4 Å². The summed E-state index contributed by atoms with van der Waals surface area (Å²) in [5.74, 6) is 1.55. The summed E-state index contributed by atoms with van der Waals surface area (Å²) in [6.45, 7) is 3.04. The Kier molecular flexibility index (Phi) is 5.87. The summed E-state index contributed by atoms with van der Waals surface area (Å²) in [7, 11) is 6.00. The third-order valence-electron chi connectivity index (χ3n) is 6.19. The molecule has 2 aromatic carbocycles. The number of methoxy groups -OCH3 is 4. The normalized spacial score (nSPS) is 11.2. The Morgan fingerprint density at radius 1 is 0.919 bits per heavy atom. The second kappa shape index (κ2) is 9.05. The van der Waals surface area contributed by atoms with E-state index in [1.165, 1.54) is 46.3 Å². The molecule has 0 atom stereocenters. The van der Waals surface area contributed by atoms with E-state index in [0.29, 0.717) is 39.5 Å². The van der Waals surface area contributed by atoms with E-state index in [9.17, 15) is 9.59 Å². The summed E-state index contributed by atoms with van der Waals surface area (Å²) in [4.78, 5) is 26.5. The third-order valence-corrected chi connectivity index (χ3v) is 6.19. The van der Waals surface area contributed by atoms with E-state index in [0.717, 1.165) is 0 Å². The molecule has 190 valence electrons. The van der Waals surface area contributed by atoms with E-state index < -0.39 is 0 Å². The number of hydrogen-bond acceptors (Lipinski definition) is 9. The Labute approximate surface area is 210 Å². The van der Waals surface area contributed by atoms with E-state index in [2.05, 4.69) is 5.10 Å². The summed E-state index contributed by atoms with van der Waals surface area (Å²) in [5.41, 5.74) is 1.78. The first-order chi connectivity index (χ1) is 17.8. The van der Waals surface area contributed by atoms with Crippen molar-refractivity contribution < 1.29 is 32.6 Å². The molecule has 5 aromatic rings. The van der Waals surface area contributed by atoms with Crippen LogP contribution >= 0.6 is 0 Å². The van der Waals surface area contributed by atoms with Gasteiger partial charge >= 0.3 is 0 Å². The number of benzene rings is 2. The number of carbonyl (C=O) groups excluding carboxylic acids is 1. The SMILES string of the molecule is COc1ccc(-c2cc(-c3c(C)oc4c(OC)c5occc5c(OC)c4c3=O)nn2C(C)=O)cc1OC. The highest BCUT2D eigenvalue weighted by Gasteiger charge is 2.27. The van der Waals surface area contributed by atoms with Gasteiger partial charge in [-0.15, -0.1) is 0 Å². The van der Waals surface area contributed by atoms with Crippen LogP contribution in [0, 0.1) is 6.92 Å². The lowest BCUT2D eigenvalue weighted by Crippen LogP contribution is -2.12. The molecular weight excluding hydrogens is 480 g/mol. The molecule has 0 aliphatic heterocycles. The van der Waals surface area contributed by atoms with Crippen LogP contribution in [0.2, 0.25) is 0 Å². The van der Waals surface area contributed by atoms with Crippen LogP contribution in [-0.4, -0.2) is 44.1 Å². The van der Waals surface area contributed by atoms with Gasteiger partial charge in [-0.3, -0.25) is 9.59 Å². The van der Waals surface area contributed by atoms with Crippen LogP contribution in [0.1, 0.15) is 17.5 Å². The maximum Gasteiger partial charge on any atom is 0.244 e. The number of fused-ring (bicyclic) bond motifs is 2. The Hall–Kier alpha value is -4.73. The van der Waals surface area contributed by atoms with Crippen molar-refractivity contribution in [3.05, 3.63) is 52.6 Å². The van der Waals surface area contributed by atoms with Gasteiger partial charge in [0.05, 0.1) is 51.3 Å². The van der Waals surface area contributed by atoms with Crippen LogP contribution in [0.3, 0.4) is 0 Å². The van der Waals surface area contributed by atoms with E-state index in [-0.39, 0.29) is 45.1 Å². The molecule has 0 unspecified atom stereocenters. The van der Waals surface area contributed by atoms with Gasteiger partial charge in [-0.2, -0.15) is 9.78 Å². The number of hydrogen-bond donors (Lipinski definition) is 0. The lowest BCUT2D eigenvalue weighted by Gasteiger charge is -2.12. The number of aromatic nitrogens is 2. The Morgan fingerprint density at radius 3 is 2.30 bits per heavy atom. The second-order valence-electron chi connectivity index (χ2n) is 8.21. The molecule has 10 nitrogen and oxygen atoms in total. The summed E-state index contributed by atoms with van der Waals surface area (Å²) < 4.78 is 34.8. The largest absolute Gasteiger partial charge is 0.495 e. The maximum absolute atomic E-state index is 14.0. The molecule has 3 heterocycles. The number of ether oxygens (including phenoxy) is 4. The van der Waals surface area contributed by atoms with Crippen LogP contribution in [0.25, 0.3) is 44.5 Å². The molecule has 0 N–H and O–H groups in total. The van der Waals surface area contributed by atoms with Crippen molar-refractivity contribution in [1.29, 1.82) is 0 Å². The van der Waals surface area contributed by atoms with Gasteiger partial charge in [-0.1, -0.05) is 0 Å². The van der Waals surface area contributed by atoms with Gasteiger partial charge in [0.25, 0.3) is 0 Å². The molecule has 0 aliphatic carbocycles. The zero-order chi connectivity index (χ0) is 26.4. The minimum atomic E-state index is -0.385. The first-order valence-corrected chi connectivity index (χ1v) is 11.3. The van der Waals surface area contributed by atoms with Gasteiger partial charge in [0.2, 0.25) is 17.1 Å². The van der Waals surface area contributed by atoms with E-state index in [1.54, 1.807) is 37.3 Å². The van der Waals surface area contributed by atoms with Crippen LogP contribution in [0.4, 0.5) is 0 Å². The van der Waals surface area contributed by atoms with Crippen LogP contribution in [0.15, 0.2) is 50.2 Å². The van der Waals surface area contributed by atoms with Gasteiger partial charge < -0.3 is 27.8 Å². The standard InChI is InChI=1S/C27H24N2O8/c1-13-21(23(31)22-24(34-5)16-9-10-36-25(16)27(35-6)26(22)37-13)17-12-18(29(28-17)14(2)30)15-7-8-19(32-3)20(11-15)33-4/h7-12H,1-6H3. The van der Waals surface area contributed by atoms with Gasteiger partial charge in [-0.25, -0.2) is 0 Å². The highest BCUT2D eigenvalue weighted by molar-refractivity contribution is 6.07. The molecule has 5 rings (SSSR count). The van der Waals surface area contributed by atoms with Crippen molar-refractivity contribution >= 4 is 27.8 Å². The van der Waals surface area contributed by atoms with Crippen molar-refractivity contribution in [3.8, 4) is 45.5 Å².